The molecule has 0 radical (unpaired) electrons. The van der Waals surface area contributed by atoms with Gasteiger partial charge >= 0.3 is 0 Å². The van der Waals surface area contributed by atoms with Crippen molar-refractivity contribution in [2.45, 2.75) is 31.7 Å². The Labute approximate surface area is 192 Å². The van der Waals surface area contributed by atoms with Crippen LogP contribution in [-0.4, -0.2) is 41.1 Å². The van der Waals surface area contributed by atoms with Crippen LogP contribution in [0.15, 0.2) is 48.5 Å². The highest BCUT2D eigenvalue weighted by Gasteiger charge is 2.24. The maximum atomic E-state index is 11.4. The summed E-state index contributed by atoms with van der Waals surface area (Å²) in [6.07, 6.45) is 1.93. The standard InChI is InChI=1S/C25H26IN3O2/c1-16(30)27-18-10-12-29(13-11-18)24-5-3-4-17-6-9-23(28-25(17)24)21-15-26-22-14-19(31-2)7-8-20(21)22/h3-9,14-15,18,21H,10-13H2,1-2H3,(H,27,30). The molecule has 2 aromatic carbocycles. The fraction of sp³-hybridized carbons (Fsp3) is 0.320. The quantitative estimate of drug-likeness (QED) is 0.510. The number of aromatic nitrogens is 1. The van der Waals surface area contributed by atoms with Gasteiger partial charge in [0, 0.05) is 35.0 Å². The number of carbonyl (C=O) groups is 1. The molecule has 3 heterocycles. The zero-order valence-corrected chi connectivity index (χ0v) is 19.9. The van der Waals surface area contributed by atoms with Crippen LogP contribution < -0.4 is 15.0 Å². The second-order valence-corrected chi connectivity index (χ2v) is 10.7. The molecule has 3 aromatic rings. The number of nitrogens with one attached hydrogen (secondary N) is 1. The number of pyridine rings is 1. The Balaban J connectivity index is 1.45. The molecule has 0 spiro atoms. The van der Waals surface area contributed by atoms with E-state index in [4.69, 9.17) is 9.72 Å². The van der Waals surface area contributed by atoms with E-state index in [-0.39, 0.29) is 38.6 Å². The summed E-state index contributed by atoms with van der Waals surface area (Å²) in [5.74, 6) is 1.25. The van der Waals surface area contributed by atoms with Gasteiger partial charge < -0.3 is 15.0 Å². The van der Waals surface area contributed by atoms with Crippen LogP contribution in [-0.2, 0) is 4.79 Å². The van der Waals surface area contributed by atoms with Gasteiger partial charge in [-0.3, -0.25) is 4.79 Å². The Bertz CT molecular complexity index is 1170. The molecule has 1 N–H and O–H groups in total. The summed E-state index contributed by atoms with van der Waals surface area (Å²) in [6.45, 7) is 3.46. The molecule has 160 valence electrons. The minimum atomic E-state index is -0.134. The molecular weight excluding hydrogens is 501 g/mol. The Morgan fingerprint density at radius 2 is 2.00 bits per heavy atom. The van der Waals surface area contributed by atoms with E-state index in [1.165, 1.54) is 20.2 Å². The molecule has 2 aliphatic rings. The van der Waals surface area contributed by atoms with Gasteiger partial charge in [-0.1, -0.05) is 45.0 Å². The summed E-state index contributed by atoms with van der Waals surface area (Å²) in [6, 6.07) is 17.5. The Morgan fingerprint density at radius 1 is 1.16 bits per heavy atom. The van der Waals surface area contributed by atoms with Gasteiger partial charge in [-0.2, -0.15) is 0 Å². The third kappa shape index (κ3) is 4.05. The van der Waals surface area contributed by atoms with Crippen molar-refractivity contribution in [1.82, 2.24) is 10.3 Å². The number of fused-ring (bicyclic) bond motifs is 2. The van der Waals surface area contributed by atoms with Crippen molar-refractivity contribution in [3.8, 4) is 5.75 Å². The first-order valence-electron chi connectivity index (χ1n) is 10.7. The average Bonchev–Trinajstić information content (AvgIpc) is 3.21. The highest BCUT2D eigenvalue weighted by Crippen LogP contribution is 2.38. The fourth-order valence-corrected chi connectivity index (χ4v) is 7.40. The maximum absolute atomic E-state index is 11.4. The molecule has 1 fully saturated rings. The number of hydrogen-bond donors (Lipinski definition) is 1. The zero-order valence-electron chi connectivity index (χ0n) is 17.8. The molecule has 0 bridgehead atoms. The summed E-state index contributed by atoms with van der Waals surface area (Å²) >= 11 is -0.134. The molecule has 1 amide bonds. The smallest absolute Gasteiger partial charge is 0.217 e. The van der Waals surface area contributed by atoms with Crippen molar-refractivity contribution in [1.29, 1.82) is 0 Å². The van der Waals surface area contributed by atoms with Crippen LogP contribution in [0.25, 0.3) is 10.9 Å². The van der Waals surface area contributed by atoms with Crippen molar-refractivity contribution in [2.24, 2.45) is 0 Å². The lowest BCUT2D eigenvalue weighted by atomic mass is 9.96. The second kappa shape index (κ2) is 8.57. The van der Waals surface area contributed by atoms with Crippen molar-refractivity contribution < 1.29 is 9.53 Å². The van der Waals surface area contributed by atoms with Gasteiger partial charge in [-0.05, 0) is 46.7 Å². The van der Waals surface area contributed by atoms with E-state index in [9.17, 15) is 4.79 Å². The molecule has 2 aliphatic heterocycles. The fourth-order valence-electron chi connectivity index (χ4n) is 4.53. The van der Waals surface area contributed by atoms with Crippen LogP contribution in [0.5, 0.6) is 5.75 Å². The van der Waals surface area contributed by atoms with Crippen molar-refractivity contribution >= 4 is 47.2 Å². The van der Waals surface area contributed by atoms with Gasteiger partial charge in [-0.15, -0.1) is 0 Å². The third-order valence-electron chi connectivity index (χ3n) is 6.13. The molecule has 31 heavy (non-hydrogen) atoms. The number of benzene rings is 2. The SMILES string of the molecule is COc1ccc2c(c1)I=CC2c1ccc2cccc(N3CCC(NC(C)=O)CC3)c2n1. The minimum absolute atomic E-state index is 0.0587. The summed E-state index contributed by atoms with van der Waals surface area (Å²) in [5.41, 5.74) is 4.76. The number of anilines is 1. The highest BCUT2D eigenvalue weighted by atomic mass is 127. The monoisotopic (exact) mass is 527 g/mol. The van der Waals surface area contributed by atoms with Crippen LogP contribution in [0.1, 0.15) is 36.9 Å². The number of halogens is 1. The lowest BCUT2D eigenvalue weighted by molar-refractivity contribution is -0.119. The summed E-state index contributed by atoms with van der Waals surface area (Å²) < 4.78 is 9.30. The third-order valence-corrected chi connectivity index (χ3v) is 8.82. The topological polar surface area (TPSA) is 54.5 Å². The number of para-hydroxylation sites is 1. The molecule has 1 atom stereocenters. The number of nitrogens with zero attached hydrogens (tertiary/aromatic N) is 2. The maximum Gasteiger partial charge on any atom is 0.217 e. The van der Waals surface area contributed by atoms with E-state index < -0.39 is 0 Å². The normalized spacial score (nSPS) is 18.5. The molecule has 0 saturated carbocycles. The number of hydrogen-bond acceptors (Lipinski definition) is 4. The van der Waals surface area contributed by atoms with Crippen molar-refractivity contribution in [2.75, 3.05) is 25.1 Å². The van der Waals surface area contributed by atoms with Crippen molar-refractivity contribution in [3.05, 3.63) is 63.4 Å². The molecule has 5 nitrogen and oxygen atoms in total. The lowest BCUT2D eigenvalue weighted by Crippen LogP contribution is -2.44. The molecule has 5 rings (SSSR count). The van der Waals surface area contributed by atoms with Crippen LogP contribution >= 0.6 is 20.7 Å². The van der Waals surface area contributed by atoms with Gasteiger partial charge in [-0.25, -0.2) is 4.98 Å². The first-order chi connectivity index (χ1) is 15.1. The minimum Gasteiger partial charge on any atom is -0.497 e. The molecule has 1 unspecified atom stereocenters. The van der Waals surface area contributed by atoms with Crippen LogP contribution in [0.4, 0.5) is 5.69 Å². The first-order valence-corrected chi connectivity index (χ1v) is 13.0. The first kappa shape index (κ1) is 20.4. The van der Waals surface area contributed by atoms with E-state index in [0.717, 1.165) is 42.9 Å². The van der Waals surface area contributed by atoms with Crippen molar-refractivity contribution in [3.63, 3.8) is 0 Å². The van der Waals surface area contributed by atoms with Gasteiger partial charge in [0.2, 0.25) is 5.91 Å². The van der Waals surface area contributed by atoms with E-state index in [0.29, 0.717) is 0 Å². The second-order valence-electron chi connectivity index (χ2n) is 8.15. The summed E-state index contributed by atoms with van der Waals surface area (Å²) in [4.78, 5) is 19.0. The van der Waals surface area contributed by atoms with E-state index >= 15 is 0 Å². The highest BCUT2D eigenvalue weighted by molar-refractivity contribution is 14.2. The lowest BCUT2D eigenvalue weighted by Gasteiger charge is -2.34. The van der Waals surface area contributed by atoms with Crippen LogP contribution in [0.2, 0.25) is 0 Å². The summed E-state index contributed by atoms with van der Waals surface area (Å²) in [7, 11) is 1.72. The van der Waals surface area contributed by atoms with E-state index in [2.05, 4.69) is 62.8 Å². The van der Waals surface area contributed by atoms with Gasteiger partial charge in [0.15, 0.2) is 0 Å². The molecule has 1 aromatic heterocycles. The Hall–Kier alpha value is -2.48. The van der Waals surface area contributed by atoms with Gasteiger partial charge in [0.25, 0.3) is 0 Å². The largest absolute Gasteiger partial charge is 0.497 e. The molecular formula is C25H26IN3O2. The molecule has 0 aliphatic carbocycles. The zero-order chi connectivity index (χ0) is 21.4. The van der Waals surface area contributed by atoms with Crippen LogP contribution in [0, 0.1) is 3.57 Å². The predicted octanol–water partition coefficient (Wildman–Crippen LogP) is 4.44. The average molecular weight is 527 g/mol. The number of piperidine rings is 1. The number of methoxy groups -OCH3 is 1. The molecule has 1 saturated heterocycles. The van der Waals surface area contributed by atoms with Crippen LogP contribution in [0.3, 0.4) is 0 Å². The number of carbonyl (C=O) groups excluding carboxylic acids is 1. The number of ether oxygens (including phenoxy) is 1. The number of rotatable bonds is 4. The van der Waals surface area contributed by atoms with Gasteiger partial charge in [0.05, 0.1) is 29.9 Å². The predicted molar refractivity (Wildman–Crippen MR) is 134 cm³/mol. The Kier molecular flexibility index (Phi) is 5.65. The number of amides is 1. The van der Waals surface area contributed by atoms with Gasteiger partial charge in [0.1, 0.15) is 5.75 Å². The van der Waals surface area contributed by atoms with E-state index in [1.54, 1.807) is 14.0 Å². The Morgan fingerprint density at radius 3 is 2.77 bits per heavy atom. The molecule has 6 heteroatoms. The summed E-state index contributed by atoms with van der Waals surface area (Å²) in [5, 5.41) is 4.24. The van der Waals surface area contributed by atoms with E-state index in [1.807, 2.05) is 0 Å².